The fourth-order valence-corrected chi connectivity index (χ4v) is 2.75. The van der Waals surface area contributed by atoms with Gasteiger partial charge in [-0.3, -0.25) is 0 Å². The number of hydrogen-bond acceptors (Lipinski definition) is 4. The predicted molar refractivity (Wildman–Crippen MR) is 65.9 cm³/mol. The molecule has 0 radical (unpaired) electrons. The molecule has 2 N–H and O–H groups in total. The molecule has 3 nitrogen and oxygen atoms in total. The fraction of sp³-hybridized carbons (Fsp3) is 0.667. The van der Waals surface area contributed by atoms with E-state index in [9.17, 15) is 5.11 Å². The summed E-state index contributed by atoms with van der Waals surface area (Å²) >= 11 is 1.69. The number of methoxy groups -OCH3 is 1. The van der Waals surface area contributed by atoms with Gasteiger partial charge in [-0.2, -0.15) is 0 Å². The van der Waals surface area contributed by atoms with Crippen molar-refractivity contribution in [2.24, 2.45) is 5.92 Å². The van der Waals surface area contributed by atoms with Crippen LogP contribution < -0.4 is 10.1 Å². The maximum Gasteiger partial charge on any atom is 0.134 e. The van der Waals surface area contributed by atoms with Crippen molar-refractivity contribution < 1.29 is 9.84 Å². The van der Waals surface area contributed by atoms with E-state index >= 15 is 0 Å². The number of aliphatic hydroxyl groups is 1. The lowest BCUT2D eigenvalue weighted by Gasteiger charge is -2.28. The van der Waals surface area contributed by atoms with Gasteiger partial charge in [-0.05, 0) is 37.1 Å². The van der Waals surface area contributed by atoms with Crippen molar-refractivity contribution in [2.45, 2.75) is 31.8 Å². The van der Waals surface area contributed by atoms with Crippen LogP contribution in [0.2, 0.25) is 0 Å². The van der Waals surface area contributed by atoms with Crippen LogP contribution in [0.25, 0.3) is 0 Å². The van der Waals surface area contributed by atoms with E-state index < -0.39 is 0 Å². The lowest BCUT2D eigenvalue weighted by atomic mass is 9.97. The first-order valence-electron chi connectivity index (χ1n) is 5.66. The van der Waals surface area contributed by atoms with Crippen LogP contribution in [0.3, 0.4) is 0 Å². The summed E-state index contributed by atoms with van der Waals surface area (Å²) in [7, 11) is 1.69. The maximum atomic E-state index is 9.46. The molecule has 1 aromatic rings. The van der Waals surface area contributed by atoms with Gasteiger partial charge in [-0.25, -0.2) is 0 Å². The second kappa shape index (κ2) is 4.73. The van der Waals surface area contributed by atoms with Crippen molar-refractivity contribution in [3.8, 4) is 5.75 Å². The van der Waals surface area contributed by atoms with Crippen LogP contribution in [-0.4, -0.2) is 24.4 Å². The Hall–Kier alpha value is -0.580. The van der Waals surface area contributed by atoms with E-state index in [1.165, 1.54) is 17.7 Å². The van der Waals surface area contributed by atoms with Crippen LogP contribution in [0.4, 0.5) is 0 Å². The standard InChI is InChI=1S/C12H19NO2S/c1-12(8-14,9-3-4-9)13-7-11-10(15-2)5-6-16-11/h5-6,9,13-14H,3-4,7-8H2,1-2H3. The van der Waals surface area contributed by atoms with Crippen molar-refractivity contribution in [3.63, 3.8) is 0 Å². The van der Waals surface area contributed by atoms with Gasteiger partial charge in [0.05, 0.1) is 18.6 Å². The van der Waals surface area contributed by atoms with Gasteiger partial charge < -0.3 is 15.2 Å². The normalized spacial score (nSPS) is 19.4. The molecular formula is C12H19NO2S. The topological polar surface area (TPSA) is 41.5 Å². The summed E-state index contributed by atoms with van der Waals surface area (Å²) in [4.78, 5) is 1.20. The fourth-order valence-electron chi connectivity index (χ4n) is 1.97. The summed E-state index contributed by atoms with van der Waals surface area (Å²) in [6.45, 7) is 3.07. The first-order valence-corrected chi connectivity index (χ1v) is 6.54. The molecule has 4 heteroatoms. The highest BCUT2D eigenvalue weighted by Crippen LogP contribution is 2.39. The van der Waals surface area contributed by atoms with Crippen molar-refractivity contribution in [3.05, 3.63) is 16.3 Å². The summed E-state index contributed by atoms with van der Waals surface area (Å²) < 4.78 is 5.27. The third-order valence-corrected chi connectivity index (χ3v) is 4.29. The van der Waals surface area contributed by atoms with Gasteiger partial charge in [0.25, 0.3) is 0 Å². The zero-order valence-electron chi connectivity index (χ0n) is 9.82. The predicted octanol–water partition coefficient (Wildman–Crippen LogP) is 2.01. The molecule has 1 fully saturated rings. The second-order valence-corrected chi connectivity index (χ2v) is 5.62. The second-order valence-electron chi connectivity index (χ2n) is 4.62. The third kappa shape index (κ3) is 2.39. The van der Waals surface area contributed by atoms with Gasteiger partial charge >= 0.3 is 0 Å². The largest absolute Gasteiger partial charge is 0.496 e. The van der Waals surface area contributed by atoms with Crippen LogP contribution in [0.1, 0.15) is 24.6 Å². The van der Waals surface area contributed by atoms with Gasteiger partial charge in [0, 0.05) is 12.1 Å². The van der Waals surface area contributed by atoms with Gasteiger partial charge in [0.1, 0.15) is 5.75 Å². The van der Waals surface area contributed by atoms with E-state index in [4.69, 9.17) is 4.74 Å². The SMILES string of the molecule is COc1ccsc1CNC(C)(CO)C1CC1. The lowest BCUT2D eigenvalue weighted by molar-refractivity contribution is 0.153. The Labute approximate surface area is 100 Å². The third-order valence-electron chi connectivity index (χ3n) is 3.38. The molecule has 1 unspecified atom stereocenters. The highest BCUT2D eigenvalue weighted by Gasteiger charge is 2.40. The van der Waals surface area contributed by atoms with Crippen LogP contribution in [-0.2, 0) is 6.54 Å². The minimum absolute atomic E-state index is 0.130. The number of hydrogen-bond donors (Lipinski definition) is 2. The first-order chi connectivity index (χ1) is 7.69. The van der Waals surface area contributed by atoms with Gasteiger partial charge in [-0.15, -0.1) is 11.3 Å². The Balaban J connectivity index is 1.95. The van der Waals surface area contributed by atoms with E-state index in [1.54, 1.807) is 18.4 Å². The molecule has 1 aromatic heterocycles. The Morgan fingerprint density at radius 3 is 2.94 bits per heavy atom. The zero-order chi connectivity index (χ0) is 11.6. The highest BCUT2D eigenvalue weighted by atomic mass is 32.1. The lowest BCUT2D eigenvalue weighted by Crippen LogP contribution is -2.47. The van der Waals surface area contributed by atoms with Gasteiger partial charge in [0.15, 0.2) is 0 Å². The Bertz CT molecular complexity index is 349. The van der Waals surface area contributed by atoms with Crippen LogP contribution in [0.15, 0.2) is 11.4 Å². The molecule has 1 aliphatic carbocycles. The van der Waals surface area contributed by atoms with E-state index in [1.807, 2.05) is 11.4 Å². The molecule has 0 aromatic carbocycles. The number of nitrogens with one attached hydrogen (secondary N) is 1. The van der Waals surface area contributed by atoms with Crippen molar-refractivity contribution >= 4 is 11.3 Å². The van der Waals surface area contributed by atoms with Crippen molar-refractivity contribution in [1.29, 1.82) is 0 Å². The zero-order valence-corrected chi connectivity index (χ0v) is 10.6. The molecule has 1 atom stereocenters. The molecule has 1 saturated carbocycles. The summed E-state index contributed by atoms with van der Waals surface area (Å²) in [6, 6.07) is 1.98. The summed E-state index contributed by atoms with van der Waals surface area (Å²) in [5.74, 6) is 1.57. The molecule has 90 valence electrons. The Kier molecular flexibility index (Phi) is 3.52. The summed E-state index contributed by atoms with van der Waals surface area (Å²) in [5, 5.41) is 15.0. The quantitative estimate of drug-likeness (QED) is 0.800. The average Bonchev–Trinajstić information content (AvgIpc) is 3.06. The Morgan fingerprint density at radius 1 is 1.62 bits per heavy atom. The molecule has 0 aliphatic heterocycles. The van der Waals surface area contributed by atoms with Gasteiger partial charge in [-0.1, -0.05) is 0 Å². The first kappa shape index (κ1) is 11.9. The van der Waals surface area contributed by atoms with E-state index in [-0.39, 0.29) is 12.1 Å². The monoisotopic (exact) mass is 241 g/mol. The number of rotatable bonds is 6. The maximum absolute atomic E-state index is 9.46. The Morgan fingerprint density at radius 2 is 2.38 bits per heavy atom. The molecule has 0 amide bonds. The number of thiophene rings is 1. The van der Waals surface area contributed by atoms with Crippen LogP contribution >= 0.6 is 11.3 Å². The molecule has 0 saturated heterocycles. The van der Waals surface area contributed by atoms with Crippen molar-refractivity contribution in [1.82, 2.24) is 5.32 Å². The van der Waals surface area contributed by atoms with Gasteiger partial charge in [0.2, 0.25) is 0 Å². The van der Waals surface area contributed by atoms with Crippen molar-refractivity contribution in [2.75, 3.05) is 13.7 Å². The molecule has 16 heavy (non-hydrogen) atoms. The summed E-state index contributed by atoms with van der Waals surface area (Å²) in [6.07, 6.45) is 2.46. The smallest absolute Gasteiger partial charge is 0.134 e. The molecular weight excluding hydrogens is 222 g/mol. The molecule has 1 aliphatic rings. The van der Waals surface area contributed by atoms with E-state index in [0.29, 0.717) is 5.92 Å². The average molecular weight is 241 g/mol. The molecule has 2 rings (SSSR count). The highest BCUT2D eigenvalue weighted by molar-refractivity contribution is 7.10. The van der Waals surface area contributed by atoms with Crippen LogP contribution in [0.5, 0.6) is 5.75 Å². The number of aliphatic hydroxyl groups excluding tert-OH is 1. The summed E-state index contributed by atoms with van der Waals surface area (Å²) in [5.41, 5.74) is -0.130. The molecule has 0 spiro atoms. The number of ether oxygens (including phenoxy) is 1. The molecule has 0 bridgehead atoms. The minimum atomic E-state index is -0.130. The van der Waals surface area contributed by atoms with Crippen LogP contribution in [0, 0.1) is 5.92 Å². The minimum Gasteiger partial charge on any atom is -0.496 e. The molecule has 1 heterocycles. The van der Waals surface area contributed by atoms with E-state index in [2.05, 4.69) is 12.2 Å². The van der Waals surface area contributed by atoms with E-state index in [0.717, 1.165) is 12.3 Å².